The second kappa shape index (κ2) is 5.32. The van der Waals surface area contributed by atoms with E-state index < -0.39 is 0 Å². The smallest absolute Gasteiger partial charge is 0.156 e. The molecule has 0 bridgehead atoms. The van der Waals surface area contributed by atoms with Crippen LogP contribution in [-0.2, 0) is 5.41 Å². The fourth-order valence-corrected chi connectivity index (χ4v) is 3.05. The molecule has 0 radical (unpaired) electrons. The minimum atomic E-state index is -0.0460. The van der Waals surface area contributed by atoms with Gasteiger partial charge in [0.05, 0.1) is 11.7 Å². The van der Waals surface area contributed by atoms with Gasteiger partial charge in [-0.1, -0.05) is 38.1 Å². The highest BCUT2D eigenvalue weighted by Crippen LogP contribution is 2.27. The van der Waals surface area contributed by atoms with E-state index in [-0.39, 0.29) is 5.41 Å². The third-order valence-corrected chi connectivity index (χ3v) is 3.92. The lowest BCUT2D eigenvalue weighted by molar-refractivity contribution is 0.565. The molecular formula is C12H21N5S. The summed E-state index contributed by atoms with van der Waals surface area (Å²) >= 11 is 1.36. The van der Waals surface area contributed by atoms with Crippen molar-refractivity contribution in [2.24, 2.45) is 10.8 Å². The maximum atomic E-state index is 5.62. The number of hydrazine groups is 1. The molecule has 0 saturated heterocycles. The first-order valence-electron chi connectivity index (χ1n) is 6.40. The van der Waals surface area contributed by atoms with Crippen molar-refractivity contribution in [3.8, 4) is 0 Å². The summed E-state index contributed by atoms with van der Waals surface area (Å²) in [5.74, 6) is 6.36. The molecule has 0 spiro atoms. The average molecular weight is 267 g/mol. The van der Waals surface area contributed by atoms with Gasteiger partial charge < -0.3 is 5.43 Å². The minimum absolute atomic E-state index is 0.0460. The van der Waals surface area contributed by atoms with Crippen molar-refractivity contribution in [2.75, 3.05) is 0 Å². The Bertz CT molecular complexity index is 426. The van der Waals surface area contributed by atoms with E-state index >= 15 is 0 Å². The van der Waals surface area contributed by atoms with E-state index in [1.807, 2.05) is 0 Å². The Kier molecular flexibility index (Phi) is 3.97. The summed E-state index contributed by atoms with van der Waals surface area (Å²) < 4.78 is 4.05. The molecule has 0 aliphatic heterocycles. The summed E-state index contributed by atoms with van der Waals surface area (Å²) in [6, 6.07) is 0.394. The van der Waals surface area contributed by atoms with Gasteiger partial charge in [-0.05, 0) is 24.4 Å². The van der Waals surface area contributed by atoms with Gasteiger partial charge in [-0.15, -0.1) is 5.10 Å². The van der Waals surface area contributed by atoms with Crippen LogP contribution in [0.1, 0.15) is 57.0 Å². The number of rotatable bonds is 2. The van der Waals surface area contributed by atoms with Crippen molar-refractivity contribution in [3.63, 3.8) is 0 Å². The van der Waals surface area contributed by atoms with Crippen molar-refractivity contribution < 1.29 is 0 Å². The van der Waals surface area contributed by atoms with Crippen LogP contribution in [0.3, 0.4) is 0 Å². The van der Waals surface area contributed by atoms with Crippen LogP contribution in [0, 0.1) is 0 Å². The predicted octanol–water partition coefficient (Wildman–Crippen LogP) is 1.99. The zero-order chi connectivity index (χ0) is 13.2. The monoisotopic (exact) mass is 267 g/mol. The molecule has 1 saturated carbocycles. The largest absolute Gasteiger partial charge is 0.307 e. The summed E-state index contributed by atoms with van der Waals surface area (Å²) in [6.07, 6.45) is 4.84. The second-order valence-corrected chi connectivity index (χ2v) is 6.52. The molecule has 100 valence electrons. The van der Waals surface area contributed by atoms with Crippen LogP contribution in [-0.4, -0.2) is 21.5 Å². The van der Waals surface area contributed by atoms with Crippen molar-refractivity contribution in [1.82, 2.24) is 15.0 Å². The first-order chi connectivity index (χ1) is 8.52. The topological polar surface area (TPSA) is 76.2 Å². The molecule has 1 heterocycles. The minimum Gasteiger partial charge on any atom is -0.307 e. The highest BCUT2D eigenvalue weighted by molar-refractivity contribution is 7.08. The number of nitrogens with one attached hydrogen (secondary N) is 1. The number of aliphatic imine (C=N–C) groups is 1. The van der Waals surface area contributed by atoms with Gasteiger partial charge in [0.1, 0.15) is 4.88 Å². The van der Waals surface area contributed by atoms with Crippen LogP contribution in [0.15, 0.2) is 4.99 Å². The van der Waals surface area contributed by atoms with Crippen LogP contribution in [0.4, 0.5) is 0 Å². The van der Waals surface area contributed by atoms with Crippen molar-refractivity contribution in [1.29, 1.82) is 0 Å². The highest BCUT2D eigenvalue weighted by atomic mass is 32.1. The molecule has 1 aromatic rings. The van der Waals surface area contributed by atoms with Gasteiger partial charge >= 0.3 is 0 Å². The molecule has 5 nitrogen and oxygen atoms in total. The molecule has 0 atom stereocenters. The molecule has 18 heavy (non-hydrogen) atoms. The van der Waals surface area contributed by atoms with E-state index in [0.717, 1.165) is 29.2 Å². The third kappa shape index (κ3) is 2.87. The van der Waals surface area contributed by atoms with Crippen LogP contribution < -0.4 is 11.3 Å². The van der Waals surface area contributed by atoms with E-state index in [4.69, 9.17) is 10.8 Å². The first-order valence-corrected chi connectivity index (χ1v) is 7.17. The number of nitrogens with two attached hydrogens (primary N) is 1. The Morgan fingerprint density at radius 3 is 2.61 bits per heavy atom. The number of aromatic nitrogens is 2. The Labute approximate surface area is 112 Å². The molecule has 1 fully saturated rings. The summed E-state index contributed by atoms with van der Waals surface area (Å²) in [4.78, 5) is 5.69. The normalized spacial score (nSPS) is 18.3. The van der Waals surface area contributed by atoms with Crippen molar-refractivity contribution >= 4 is 17.4 Å². The SMILES string of the molecule is CC(C)(C)c1nnsc1C(=NC1CCCC1)NN. The van der Waals surface area contributed by atoms with Gasteiger partial charge in [0.15, 0.2) is 5.84 Å². The standard InChI is InChI=1S/C12H21N5S/c1-12(2,3)10-9(18-17-16-10)11(15-13)14-8-6-4-5-7-8/h8H,4-7,13H2,1-3H3,(H,14,15). The molecule has 2 rings (SSSR count). The van der Waals surface area contributed by atoms with Gasteiger partial charge in [-0.2, -0.15) is 0 Å². The molecule has 0 amide bonds. The molecule has 3 N–H and O–H groups in total. The van der Waals surface area contributed by atoms with E-state index in [1.165, 1.54) is 24.4 Å². The van der Waals surface area contributed by atoms with Crippen LogP contribution in [0.2, 0.25) is 0 Å². The van der Waals surface area contributed by atoms with Crippen LogP contribution in [0.5, 0.6) is 0 Å². The number of hydrogen-bond acceptors (Lipinski definition) is 5. The Morgan fingerprint density at radius 2 is 2.06 bits per heavy atom. The number of amidine groups is 1. The van der Waals surface area contributed by atoms with Crippen molar-refractivity contribution in [2.45, 2.75) is 57.9 Å². The maximum Gasteiger partial charge on any atom is 0.156 e. The Morgan fingerprint density at radius 1 is 1.39 bits per heavy atom. The molecule has 0 aromatic carbocycles. The quantitative estimate of drug-likeness (QED) is 0.372. The average Bonchev–Trinajstić information content (AvgIpc) is 2.95. The van der Waals surface area contributed by atoms with E-state index in [0.29, 0.717) is 6.04 Å². The van der Waals surface area contributed by atoms with Gasteiger partial charge in [0, 0.05) is 5.41 Å². The lowest BCUT2D eigenvalue weighted by Gasteiger charge is -2.17. The fraction of sp³-hybridized carbons (Fsp3) is 0.750. The molecule has 1 aliphatic carbocycles. The Hall–Kier alpha value is -1.01. The third-order valence-electron chi connectivity index (χ3n) is 3.19. The van der Waals surface area contributed by atoms with Gasteiger partial charge in [0.2, 0.25) is 0 Å². The molecule has 1 aliphatic rings. The summed E-state index contributed by atoms with van der Waals surface area (Å²) in [6.45, 7) is 6.37. The zero-order valence-electron chi connectivity index (χ0n) is 11.2. The summed E-state index contributed by atoms with van der Waals surface area (Å²) in [5, 5.41) is 4.22. The number of hydrogen-bond donors (Lipinski definition) is 2. The lowest BCUT2D eigenvalue weighted by Crippen LogP contribution is -2.33. The van der Waals surface area contributed by atoms with Gasteiger partial charge in [-0.25, -0.2) is 5.84 Å². The second-order valence-electron chi connectivity index (χ2n) is 5.76. The summed E-state index contributed by atoms with van der Waals surface area (Å²) in [5.41, 5.74) is 3.64. The lowest BCUT2D eigenvalue weighted by atomic mass is 9.91. The Balaban J connectivity index is 2.30. The number of nitrogens with zero attached hydrogens (tertiary/aromatic N) is 3. The molecule has 6 heteroatoms. The van der Waals surface area contributed by atoms with Gasteiger partial charge in [-0.3, -0.25) is 4.99 Å². The predicted molar refractivity (Wildman–Crippen MR) is 74.7 cm³/mol. The van der Waals surface area contributed by atoms with Gasteiger partial charge in [0.25, 0.3) is 0 Å². The maximum absolute atomic E-state index is 5.62. The molecule has 1 aromatic heterocycles. The first kappa shape index (κ1) is 13.4. The molecule has 0 unspecified atom stereocenters. The zero-order valence-corrected chi connectivity index (χ0v) is 12.0. The highest BCUT2D eigenvalue weighted by Gasteiger charge is 2.26. The van der Waals surface area contributed by atoms with E-state index in [2.05, 4.69) is 35.8 Å². The van der Waals surface area contributed by atoms with Crippen LogP contribution in [0.25, 0.3) is 0 Å². The van der Waals surface area contributed by atoms with Crippen molar-refractivity contribution in [3.05, 3.63) is 10.6 Å². The van der Waals surface area contributed by atoms with E-state index in [9.17, 15) is 0 Å². The fourth-order valence-electron chi connectivity index (χ4n) is 2.21. The van der Waals surface area contributed by atoms with E-state index in [1.54, 1.807) is 0 Å². The van der Waals surface area contributed by atoms with Crippen LogP contribution >= 0.6 is 11.5 Å². The summed E-state index contributed by atoms with van der Waals surface area (Å²) in [7, 11) is 0. The molecular weight excluding hydrogens is 246 g/mol.